The van der Waals surface area contributed by atoms with Gasteiger partial charge in [-0.25, -0.2) is 4.98 Å². The maximum Gasteiger partial charge on any atom is 0.221 e. The second-order valence-electron chi connectivity index (χ2n) is 4.30. The first-order valence-corrected chi connectivity index (χ1v) is 5.61. The molecule has 94 valence electrons. The molecule has 1 saturated heterocycles. The van der Waals surface area contributed by atoms with Gasteiger partial charge in [-0.15, -0.1) is 0 Å². The van der Waals surface area contributed by atoms with Gasteiger partial charge in [0, 0.05) is 38.4 Å². The number of nitrogen functional groups attached to an aromatic ring is 1. The molecule has 1 fully saturated rings. The molecule has 1 aromatic heterocycles. The number of nitrogens with zero attached hydrogens (tertiary/aromatic N) is 2. The second kappa shape index (κ2) is 4.85. The van der Waals surface area contributed by atoms with Crippen LogP contribution in [0.4, 0.5) is 11.8 Å². The molecule has 2 rings (SSSR count). The smallest absolute Gasteiger partial charge is 0.221 e. The predicted molar refractivity (Wildman–Crippen MR) is 64.8 cm³/mol. The van der Waals surface area contributed by atoms with Gasteiger partial charge in [0.25, 0.3) is 0 Å². The van der Waals surface area contributed by atoms with Gasteiger partial charge >= 0.3 is 0 Å². The van der Waals surface area contributed by atoms with Gasteiger partial charge in [-0.1, -0.05) is 0 Å². The van der Waals surface area contributed by atoms with E-state index in [2.05, 4.69) is 15.3 Å². The first-order chi connectivity index (χ1) is 8.15. The van der Waals surface area contributed by atoms with E-state index in [1.807, 2.05) is 6.92 Å². The van der Waals surface area contributed by atoms with E-state index in [-0.39, 0.29) is 11.5 Å². The number of ether oxygens (including phenoxy) is 2. The second-order valence-corrected chi connectivity index (χ2v) is 4.30. The molecule has 0 aliphatic carbocycles. The molecule has 0 aromatic carbocycles. The van der Waals surface area contributed by atoms with E-state index >= 15 is 0 Å². The van der Waals surface area contributed by atoms with Crippen LogP contribution in [0, 0.1) is 6.92 Å². The fourth-order valence-corrected chi connectivity index (χ4v) is 1.84. The molecule has 0 saturated carbocycles. The SMILES string of the molecule is COC1(CNc2nc(N)ncc2C)CCOC1. The van der Waals surface area contributed by atoms with Crippen LogP contribution in [0.1, 0.15) is 12.0 Å². The van der Waals surface area contributed by atoms with E-state index < -0.39 is 0 Å². The van der Waals surface area contributed by atoms with Crippen molar-refractivity contribution in [3.63, 3.8) is 0 Å². The molecular formula is C11H18N4O2. The van der Waals surface area contributed by atoms with E-state index in [1.54, 1.807) is 13.3 Å². The van der Waals surface area contributed by atoms with Crippen molar-refractivity contribution in [3.05, 3.63) is 11.8 Å². The predicted octanol–water partition coefficient (Wildman–Crippen LogP) is 0.585. The molecule has 1 aliphatic rings. The van der Waals surface area contributed by atoms with Crippen molar-refractivity contribution in [2.24, 2.45) is 0 Å². The van der Waals surface area contributed by atoms with Gasteiger partial charge in [0.15, 0.2) is 0 Å². The number of nitrogens with one attached hydrogen (secondary N) is 1. The maximum absolute atomic E-state index is 5.56. The minimum absolute atomic E-state index is 0.258. The number of hydrogen-bond acceptors (Lipinski definition) is 6. The highest BCUT2D eigenvalue weighted by molar-refractivity contribution is 5.45. The highest BCUT2D eigenvalue weighted by atomic mass is 16.5. The number of hydrogen-bond donors (Lipinski definition) is 2. The Hall–Kier alpha value is -1.40. The van der Waals surface area contributed by atoms with Gasteiger partial charge in [0.2, 0.25) is 5.95 Å². The van der Waals surface area contributed by atoms with Crippen molar-refractivity contribution < 1.29 is 9.47 Å². The van der Waals surface area contributed by atoms with Crippen LogP contribution in [0.25, 0.3) is 0 Å². The number of aromatic nitrogens is 2. The van der Waals surface area contributed by atoms with Crippen LogP contribution in [0.15, 0.2) is 6.20 Å². The molecule has 0 spiro atoms. The zero-order valence-corrected chi connectivity index (χ0v) is 10.2. The van der Waals surface area contributed by atoms with Gasteiger partial charge in [-0.2, -0.15) is 4.98 Å². The minimum Gasteiger partial charge on any atom is -0.378 e. The standard InChI is InChI=1S/C11H18N4O2/c1-8-5-13-10(12)15-9(8)14-6-11(16-2)3-4-17-7-11/h5H,3-4,6-7H2,1-2H3,(H3,12,13,14,15). The van der Waals surface area contributed by atoms with Crippen molar-refractivity contribution in [3.8, 4) is 0 Å². The summed E-state index contributed by atoms with van der Waals surface area (Å²) in [5, 5.41) is 3.25. The van der Waals surface area contributed by atoms with Crippen LogP contribution in [-0.2, 0) is 9.47 Å². The molecule has 1 atom stereocenters. The topological polar surface area (TPSA) is 82.3 Å². The Bertz CT molecular complexity index is 391. The average Bonchev–Trinajstić information content (AvgIpc) is 2.80. The van der Waals surface area contributed by atoms with Crippen LogP contribution in [0.5, 0.6) is 0 Å². The largest absolute Gasteiger partial charge is 0.378 e. The molecule has 0 amide bonds. The molecule has 6 nitrogen and oxygen atoms in total. The highest BCUT2D eigenvalue weighted by Gasteiger charge is 2.34. The third kappa shape index (κ3) is 2.65. The summed E-state index contributed by atoms with van der Waals surface area (Å²) in [7, 11) is 1.71. The van der Waals surface area contributed by atoms with Crippen molar-refractivity contribution in [2.45, 2.75) is 18.9 Å². The molecule has 0 radical (unpaired) electrons. The van der Waals surface area contributed by atoms with Gasteiger partial charge in [-0.05, 0) is 6.92 Å². The Labute approximate surface area is 101 Å². The minimum atomic E-state index is -0.258. The highest BCUT2D eigenvalue weighted by Crippen LogP contribution is 2.23. The quantitative estimate of drug-likeness (QED) is 0.798. The summed E-state index contributed by atoms with van der Waals surface area (Å²) in [6, 6.07) is 0. The first-order valence-electron chi connectivity index (χ1n) is 5.61. The number of nitrogens with two attached hydrogens (primary N) is 1. The van der Waals surface area contributed by atoms with Crippen LogP contribution in [-0.4, -0.2) is 42.4 Å². The van der Waals surface area contributed by atoms with Gasteiger partial charge < -0.3 is 20.5 Å². The Balaban J connectivity index is 2.03. The first kappa shape index (κ1) is 12.1. The Morgan fingerprint density at radius 3 is 3.12 bits per heavy atom. The number of aryl methyl sites for hydroxylation is 1. The normalized spacial score (nSPS) is 23.9. The molecule has 1 aliphatic heterocycles. The van der Waals surface area contributed by atoms with Crippen molar-refractivity contribution in [2.75, 3.05) is 37.9 Å². The van der Waals surface area contributed by atoms with Crippen LogP contribution >= 0.6 is 0 Å². The summed E-state index contributed by atoms with van der Waals surface area (Å²) in [6.45, 7) is 3.93. The molecule has 1 unspecified atom stereocenters. The summed E-state index contributed by atoms with van der Waals surface area (Å²) < 4.78 is 10.9. The van der Waals surface area contributed by atoms with E-state index in [0.717, 1.165) is 24.4 Å². The zero-order chi connectivity index (χ0) is 12.3. The van der Waals surface area contributed by atoms with E-state index in [4.69, 9.17) is 15.2 Å². The number of rotatable bonds is 4. The number of methoxy groups -OCH3 is 1. The summed E-state index contributed by atoms with van der Waals surface area (Å²) in [6.07, 6.45) is 2.59. The maximum atomic E-state index is 5.56. The van der Waals surface area contributed by atoms with Crippen molar-refractivity contribution >= 4 is 11.8 Å². The lowest BCUT2D eigenvalue weighted by Crippen LogP contribution is -2.39. The lowest BCUT2D eigenvalue weighted by Gasteiger charge is -2.26. The molecule has 6 heteroatoms. The fourth-order valence-electron chi connectivity index (χ4n) is 1.84. The molecule has 17 heavy (non-hydrogen) atoms. The number of anilines is 2. The van der Waals surface area contributed by atoms with Gasteiger partial charge in [-0.3, -0.25) is 0 Å². The van der Waals surface area contributed by atoms with Crippen molar-refractivity contribution in [1.29, 1.82) is 0 Å². The fraction of sp³-hybridized carbons (Fsp3) is 0.636. The zero-order valence-electron chi connectivity index (χ0n) is 10.2. The van der Waals surface area contributed by atoms with E-state index in [9.17, 15) is 0 Å². The van der Waals surface area contributed by atoms with E-state index in [1.165, 1.54) is 0 Å². The Morgan fingerprint density at radius 1 is 1.65 bits per heavy atom. The van der Waals surface area contributed by atoms with Crippen molar-refractivity contribution in [1.82, 2.24) is 9.97 Å². The molecule has 0 bridgehead atoms. The van der Waals surface area contributed by atoms with Crippen LogP contribution in [0.2, 0.25) is 0 Å². The monoisotopic (exact) mass is 238 g/mol. The summed E-state index contributed by atoms with van der Waals surface area (Å²) in [5.41, 5.74) is 6.26. The van der Waals surface area contributed by atoms with Crippen LogP contribution < -0.4 is 11.1 Å². The van der Waals surface area contributed by atoms with Gasteiger partial charge in [0.1, 0.15) is 11.4 Å². The van der Waals surface area contributed by atoms with Gasteiger partial charge in [0.05, 0.1) is 6.61 Å². The lowest BCUT2D eigenvalue weighted by molar-refractivity contribution is -0.00626. The summed E-state index contributed by atoms with van der Waals surface area (Å²) in [5.74, 6) is 1.02. The Kier molecular flexibility index (Phi) is 3.44. The van der Waals surface area contributed by atoms with Crippen LogP contribution in [0.3, 0.4) is 0 Å². The third-order valence-electron chi connectivity index (χ3n) is 3.07. The lowest BCUT2D eigenvalue weighted by atomic mass is 10.0. The molecule has 1 aromatic rings. The molecule has 3 N–H and O–H groups in total. The van der Waals surface area contributed by atoms with E-state index in [0.29, 0.717) is 13.2 Å². The third-order valence-corrected chi connectivity index (χ3v) is 3.07. The summed E-state index contributed by atoms with van der Waals surface area (Å²) in [4.78, 5) is 8.09. The average molecular weight is 238 g/mol. The molecular weight excluding hydrogens is 220 g/mol. The Morgan fingerprint density at radius 2 is 2.47 bits per heavy atom. The molecule has 2 heterocycles. The summed E-state index contributed by atoms with van der Waals surface area (Å²) >= 11 is 0.